The number of piperidine rings is 1. The Morgan fingerprint density at radius 3 is 3.00 bits per heavy atom. The Morgan fingerprint density at radius 1 is 1.33 bits per heavy atom. The number of rotatable bonds is 3. The van der Waals surface area contributed by atoms with Crippen LogP contribution in [0.4, 0.5) is 5.69 Å². The molecule has 0 bridgehead atoms. The maximum atomic E-state index is 13.0. The van der Waals surface area contributed by atoms with Crippen LogP contribution in [0.2, 0.25) is 0 Å². The summed E-state index contributed by atoms with van der Waals surface area (Å²) in [6.07, 6.45) is 2.51. The molecule has 126 valence electrons. The molecular formula is C20H24N2OS. The number of likely N-dealkylation sites (tertiary alicyclic amines) is 1. The zero-order valence-electron chi connectivity index (χ0n) is 14.4. The maximum absolute atomic E-state index is 13.0. The number of anilines is 1. The van der Waals surface area contributed by atoms with Crippen molar-refractivity contribution in [2.75, 3.05) is 25.0 Å². The summed E-state index contributed by atoms with van der Waals surface area (Å²) in [5.41, 5.74) is 5.08. The first-order valence-electron chi connectivity index (χ1n) is 8.75. The van der Waals surface area contributed by atoms with Gasteiger partial charge in [-0.2, -0.15) is 11.3 Å². The molecule has 1 amide bonds. The SMILES string of the molecule is Cc1ccc2c(c1)[C@@H]1CN(C)CC[C@@H]1N2C(=O)CCc1ccsc1. The van der Waals surface area contributed by atoms with Crippen LogP contribution < -0.4 is 4.90 Å². The van der Waals surface area contributed by atoms with Crippen LogP contribution in [-0.2, 0) is 11.2 Å². The Kier molecular flexibility index (Phi) is 4.19. The molecule has 0 unspecified atom stereocenters. The van der Waals surface area contributed by atoms with Crippen LogP contribution in [0.25, 0.3) is 0 Å². The number of aryl methyl sites for hydroxylation is 2. The highest BCUT2D eigenvalue weighted by molar-refractivity contribution is 7.07. The third kappa shape index (κ3) is 2.78. The first-order valence-corrected chi connectivity index (χ1v) is 9.70. The molecule has 4 heteroatoms. The Bertz CT molecular complexity index is 740. The fourth-order valence-corrected chi connectivity index (χ4v) is 4.92. The molecule has 3 nitrogen and oxygen atoms in total. The number of hydrogen-bond acceptors (Lipinski definition) is 3. The van der Waals surface area contributed by atoms with Crippen molar-refractivity contribution in [2.24, 2.45) is 0 Å². The fourth-order valence-electron chi connectivity index (χ4n) is 4.21. The molecule has 2 atom stereocenters. The van der Waals surface area contributed by atoms with E-state index >= 15 is 0 Å². The fraction of sp³-hybridized carbons (Fsp3) is 0.450. The van der Waals surface area contributed by atoms with Gasteiger partial charge in [-0.1, -0.05) is 17.7 Å². The monoisotopic (exact) mass is 340 g/mol. The Morgan fingerprint density at radius 2 is 2.21 bits per heavy atom. The molecule has 0 aliphatic carbocycles. The van der Waals surface area contributed by atoms with Gasteiger partial charge in [0.25, 0.3) is 0 Å². The van der Waals surface area contributed by atoms with E-state index in [1.54, 1.807) is 11.3 Å². The van der Waals surface area contributed by atoms with Crippen LogP contribution in [0.15, 0.2) is 35.0 Å². The summed E-state index contributed by atoms with van der Waals surface area (Å²) in [4.78, 5) is 17.6. The normalized spacial score (nSPS) is 23.2. The average molecular weight is 340 g/mol. The van der Waals surface area contributed by atoms with Gasteiger partial charge < -0.3 is 9.80 Å². The number of carbonyl (C=O) groups excluding carboxylic acids is 1. The van der Waals surface area contributed by atoms with Crippen LogP contribution in [0.5, 0.6) is 0 Å². The Hall–Kier alpha value is -1.65. The highest BCUT2D eigenvalue weighted by Gasteiger charge is 2.43. The standard InChI is InChI=1S/C20H24N2OS/c1-14-3-5-18-16(11-14)17-12-21(2)9-7-19(17)22(18)20(23)6-4-15-8-10-24-13-15/h3,5,8,10-11,13,17,19H,4,6-7,9,12H2,1-2H3/t17-,19-/m0/s1. The average Bonchev–Trinajstić information content (AvgIpc) is 3.18. The summed E-state index contributed by atoms with van der Waals surface area (Å²) in [7, 11) is 2.19. The molecule has 0 saturated carbocycles. The van der Waals surface area contributed by atoms with E-state index in [1.807, 2.05) is 0 Å². The molecule has 1 fully saturated rings. The molecule has 0 radical (unpaired) electrons. The molecule has 1 aromatic heterocycles. The zero-order chi connectivity index (χ0) is 16.7. The first-order chi connectivity index (χ1) is 11.6. The second-order valence-electron chi connectivity index (χ2n) is 7.18. The van der Waals surface area contributed by atoms with E-state index in [-0.39, 0.29) is 5.91 Å². The molecule has 24 heavy (non-hydrogen) atoms. The highest BCUT2D eigenvalue weighted by Crippen LogP contribution is 2.45. The number of nitrogens with zero attached hydrogens (tertiary/aromatic N) is 2. The van der Waals surface area contributed by atoms with E-state index in [1.165, 1.54) is 16.7 Å². The molecule has 2 aliphatic heterocycles. The van der Waals surface area contributed by atoms with Crippen molar-refractivity contribution in [3.8, 4) is 0 Å². The lowest BCUT2D eigenvalue weighted by Crippen LogP contribution is -2.47. The van der Waals surface area contributed by atoms with Crippen LogP contribution >= 0.6 is 11.3 Å². The minimum Gasteiger partial charge on any atom is -0.308 e. The highest BCUT2D eigenvalue weighted by atomic mass is 32.1. The number of benzene rings is 1. The van der Waals surface area contributed by atoms with Crippen LogP contribution in [0.3, 0.4) is 0 Å². The molecule has 2 aliphatic rings. The summed E-state index contributed by atoms with van der Waals surface area (Å²) in [6.45, 7) is 4.26. The quantitative estimate of drug-likeness (QED) is 0.848. The van der Waals surface area contributed by atoms with Gasteiger partial charge in [-0.15, -0.1) is 0 Å². The van der Waals surface area contributed by atoms with Gasteiger partial charge in [0.05, 0.1) is 0 Å². The van der Waals surface area contributed by atoms with Gasteiger partial charge in [0, 0.05) is 30.6 Å². The van der Waals surface area contributed by atoms with Crippen molar-refractivity contribution >= 4 is 22.9 Å². The topological polar surface area (TPSA) is 23.6 Å². The summed E-state index contributed by atoms with van der Waals surface area (Å²) < 4.78 is 0. The van der Waals surface area contributed by atoms with Crippen LogP contribution in [0.1, 0.15) is 35.4 Å². The molecule has 2 aromatic rings. The summed E-state index contributed by atoms with van der Waals surface area (Å²) in [5, 5.41) is 4.23. The number of hydrogen-bond donors (Lipinski definition) is 0. The number of amides is 1. The third-order valence-corrected chi connectivity index (χ3v) is 6.16. The number of carbonyl (C=O) groups is 1. The number of likely N-dealkylation sites (N-methyl/N-ethyl adjacent to an activating group) is 1. The molecule has 0 N–H and O–H groups in total. The van der Waals surface area contributed by atoms with Gasteiger partial charge in [-0.05, 0) is 67.4 Å². The molecule has 1 saturated heterocycles. The van der Waals surface area contributed by atoms with Crippen molar-refractivity contribution in [1.82, 2.24) is 4.90 Å². The van der Waals surface area contributed by atoms with Crippen molar-refractivity contribution in [1.29, 1.82) is 0 Å². The number of fused-ring (bicyclic) bond motifs is 3. The van der Waals surface area contributed by atoms with E-state index in [9.17, 15) is 4.79 Å². The van der Waals surface area contributed by atoms with Gasteiger partial charge in [-0.25, -0.2) is 0 Å². The second-order valence-corrected chi connectivity index (χ2v) is 7.96. The van der Waals surface area contributed by atoms with Crippen molar-refractivity contribution in [3.05, 3.63) is 51.7 Å². The third-order valence-electron chi connectivity index (χ3n) is 5.43. The molecule has 0 spiro atoms. The van der Waals surface area contributed by atoms with Gasteiger partial charge in [0.1, 0.15) is 0 Å². The molecular weight excluding hydrogens is 316 g/mol. The van der Waals surface area contributed by atoms with Gasteiger partial charge in [0.15, 0.2) is 0 Å². The lowest BCUT2D eigenvalue weighted by molar-refractivity contribution is -0.119. The Labute approximate surface area is 147 Å². The summed E-state index contributed by atoms with van der Waals surface area (Å²) in [5.74, 6) is 0.743. The predicted octanol–water partition coefficient (Wildman–Crippen LogP) is 3.82. The largest absolute Gasteiger partial charge is 0.308 e. The minimum absolute atomic E-state index is 0.281. The van der Waals surface area contributed by atoms with Gasteiger partial charge >= 0.3 is 0 Å². The van der Waals surface area contributed by atoms with E-state index in [4.69, 9.17) is 0 Å². The maximum Gasteiger partial charge on any atom is 0.227 e. The van der Waals surface area contributed by atoms with E-state index in [2.05, 4.69) is 58.8 Å². The van der Waals surface area contributed by atoms with Crippen molar-refractivity contribution in [3.63, 3.8) is 0 Å². The first kappa shape index (κ1) is 15.9. The van der Waals surface area contributed by atoms with Crippen LogP contribution in [0, 0.1) is 6.92 Å². The Balaban J connectivity index is 1.61. The lowest BCUT2D eigenvalue weighted by Gasteiger charge is -2.36. The lowest BCUT2D eigenvalue weighted by atomic mass is 9.89. The molecule has 3 heterocycles. The summed E-state index contributed by atoms with van der Waals surface area (Å²) in [6, 6.07) is 9.05. The second kappa shape index (κ2) is 6.34. The van der Waals surface area contributed by atoms with E-state index < -0.39 is 0 Å². The minimum atomic E-state index is 0.281. The predicted molar refractivity (Wildman–Crippen MR) is 99.9 cm³/mol. The van der Waals surface area contributed by atoms with Crippen LogP contribution in [-0.4, -0.2) is 37.0 Å². The van der Waals surface area contributed by atoms with Crippen molar-refractivity contribution in [2.45, 2.75) is 38.1 Å². The van der Waals surface area contributed by atoms with Gasteiger partial charge in [-0.3, -0.25) is 4.79 Å². The van der Waals surface area contributed by atoms with E-state index in [0.717, 1.165) is 31.6 Å². The number of thiophene rings is 1. The zero-order valence-corrected chi connectivity index (χ0v) is 15.2. The summed E-state index contributed by atoms with van der Waals surface area (Å²) >= 11 is 1.70. The van der Waals surface area contributed by atoms with Gasteiger partial charge in [0.2, 0.25) is 5.91 Å². The van der Waals surface area contributed by atoms with Crippen molar-refractivity contribution < 1.29 is 4.79 Å². The molecule has 4 rings (SSSR count). The van der Waals surface area contributed by atoms with E-state index in [0.29, 0.717) is 18.4 Å². The smallest absolute Gasteiger partial charge is 0.227 e. The molecule has 1 aromatic carbocycles.